The molecule has 2 rings (SSSR count). The van der Waals surface area contributed by atoms with Gasteiger partial charge in [0.05, 0.1) is 11.5 Å². The van der Waals surface area contributed by atoms with Crippen LogP contribution in [0.3, 0.4) is 0 Å². The number of ketones is 1. The maximum atomic E-state index is 13.8. The molecule has 0 aliphatic carbocycles. The van der Waals surface area contributed by atoms with Gasteiger partial charge < -0.3 is 4.74 Å². The average molecular weight is 337 g/mol. The predicted octanol–water partition coefficient (Wildman–Crippen LogP) is 3.23. The second-order valence-corrected chi connectivity index (χ2v) is 6.45. The summed E-state index contributed by atoms with van der Waals surface area (Å²) >= 11 is 0. The van der Waals surface area contributed by atoms with Gasteiger partial charge in [0, 0.05) is 11.3 Å². The van der Waals surface area contributed by atoms with Crippen molar-refractivity contribution < 1.29 is 22.3 Å². The van der Waals surface area contributed by atoms with E-state index in [9.17, 15) is 17.6 Å². The lowest BCUT2D eigenvalue weighted by molar-refractivity contribution is 0.101. The Hall–Kier alpha value is -2.41. The maximum Gasteiger partial charge on any atom is 0.262 e. The summed E-state index contributed by atoms with van der Waals surface area (Å²) in [6.07, 6.45) is 0. The highest BCUT2D eigenvalue weighted by Gasteiger charge is 2.17. The van der Waals surface area contributed by atoms with Crippen LogP contribution in [-0.2, 0) is 10.0 Å². The summed E-state index contributed by atoms with van der Waals surface area (Å²) in [7, 11) is -3.93. The summed E-state index contributed by atoms with van der Waals surface area (Å²) in [5, 5.41) is 0. The predicted molar refractivity (Wildman–Crippen MR) is 84.8 cm³/mol. The zero-order valence-corrected chi connectivity index (χ0v) is 13.5. The Morgan fingerprint density at radius 2 is 1.83 bits per heavy atom. The molecule has 122 valence electrons. The lowest BCUT2D eigenvalue weighted by Gasteiger charge is -2.10. The quantitative estimate of drug-likeness (QED) is 0.822. The van der Waals surface area contributed by atoms with Gasteiger partial charge in [-0.25, -0.2) is 12.8 Å². The molecule has 0 aliphatic rings. The van der Waals surface area contributed by atoms with Crippen molar-refractivity contribution in [2.45, 2.75) is 18.7 Å². The molecule has 0 aromatic heterocycles. The summed E-state index contributed by atoms with van der Waals surface area (Å²) in [6.45, 7) is 3.40. The van der Waals surface area contributed by atoms with Gasteiger partial charge in [-0.15, -0.1) is 0 Å². The summed E-state index contributed by atoms with van der Waals surface area (Å²) in [4.78, 5) is 11.0. The van der Waals surface area contributed by atoms with E-state index >= 15 is 0 Å². The molecule has 0 bridgehead atoms. The van der Waals surface area contributed by atoms with Crippen molar-refractivity contribution in [3.05, 3.63) is 53.8 Å². The Labute approximate surface area is 134 Å². The van der Waals surface area contributed by atoms with E-state index in [1.807, 2.05) is 0 Å². The molecule has 5 nitrogen and oxygen atoms in total. The lowest BCUT2D eigenvalue weighted by atomic mass is 10.1. The number of Topliss-reactive ketones (excluding diaryl/α,β-unsaturated/α-hetero) is 1. The SMILES string of the molecule is CCOc1ccc(S(=O)(=O)Nc2ccc(C(C)=O)cc2)cc1F. The van der Waals surface area contributed by atoms with Gasteiger partial charge >= 0.3 is 0 Å². The van der Waals surface area contributed by atoms with Crippen LogP contribution in [0.1, 0.15) is 24.2 Å². The number of ether oxygens (including phenoxy) is 1. The van der Waals surface area contributed by atoms with Gasteiger partial charge in [-0.05, 0) is 56.3 Å². The van der Waals surface area contributed by atoms with Gasteiger partial charge in [-0.2, -0.15) is 0 Å². The van der Waals surface area contributed by atoms with Gasteiger partial charge in [0.1, 0.15) is 0 Å². The molecule has 0 unspecified atom stereocenters. The largest absolute Gasteiger partial charge is 0.491 e. The zero-order chi connectivity index (χ0) is 17.0. The monoisotopic (exact) mass is 337 g/mol. The molecule has 0 amide bonds. The lowest BCUT2D eigenvalue weighted by Crippen LogP contribution is -2.13. The standard InChI is InChI=1S/C16H16FNO4S/c1-3-22-16-9-8-14(10-15(16)17)23(20,21)18-13-6-4-12(5-7-13)11(2)19/h4-10,18H,3H2,1-2H3. The van der Waals surface area contributed by atoms with Gasteiger partial charge in [0.15, 0.2) is 17.3 Å². The molecule has 2 aromatic rings. The van der Waals surface area contributed by atoms with Crippen LogP contribution in [0.25, 0.3) is 0 Å². The molecule has 0 aliphatic heterocycles. The van der Waals surface area contributed by atoms with E-state index < -0.39 is 15.8 Å². The Kier molecular flexibility index (Phi) is 5.00. The highest BCUT2D eigenvalue weighted by atomic mass is 32.2. The van der Waals surface area contributed by atoms with E-state index in [0.29, 0.717) is 5.56 Å². The maximum absolute atomic E-state index is 13.8. The number of hydrogen-bond donors (Lipinski definition) is 1. The summed E-state index contributed by atoms with van der Waals surface area (Å²) in [5.74, 6) is -0.869. The van der Waals surface area contributed by atoms with Gasteiger partial charge in [-0.3, -0.25) is 9.52 Å². The van der Waals surface area contributed by atoms with Crippen LogP contribution in [0.5, 0.6) is 5.75 Å². The highest BCUT2D eigenvalue weighted by Crippen LogP contribution is 2.23. The van der Waals surface area contributed by atoms with Gasteiger partial charge in [-0.1, -0.05) is 0 Å². The number of hydrogen-bond acceptors (Lipinski definition) is 4. The Balaban J connectivity index is 2.24. The van der Waals surface area contributed by atoms with E-state index in [1.165, 1.54) is 43.3 Å². The second kappa shape index (κ2) is 6.78. The van der Waals surface area contributed by atoms with E-state index in [4.69, 9.17) is 4.74 Å². The Morgan fingerprint density at radius 1 is 1.17 bits per heavy atom. The molecule has 0 heterocycles. The first-order valence-corrected chi connectivity index (χ1v) is 8.38. The van der Waals surface area contributed by atoms with E-state index in [2.05, 4.69) is 4.72 Å². The Bertz CT molecular complexity index is 816. The smallest absolute Gasteiger partial charge is 0.262 e. The minimum atomic E-state index is -3.93. The van der Waals surface area contributed by atoms with Crippen LogP contribution >= 0.6 is 0 Å². The number of anilines is 1. The molecular formula is C16H16FNO4S. The second-order valence-electron chi connectivity index (χ2n) is 4.76. The molecule has 0 atom stereocenters. The van der Waals surface area contributed by atoms with E-state index in [-0.39, 0.29) is 28.7 Å². The van der Waals surface area contributed by atoms with Crippen molar-refractivity contribution in [2.24, 2.45) is 0 Å². The first-order chi connectivity index (χ1) is 10.8. The number of benzene rings is 2. The number of carbonyl (C=O) groups is 1. The normalized spacial score (nSPS) is 11.1. The fraction of sp³-hybridized carbons (Fsp3) is 0.188. The molecular weight excluding hydrogens is 321 g/mol. The van der Waals surface area contributed by atoms with Crippen molar-refractivity contribution in [2.75, 3.05) is 11.3 Å². The molecule has 1 N–H and O–H groups in total. The van der Waals surface area contributed by atoms with Gasteiger partial charge in [0.2, 0.25) is 0 Å². The topological polar surface area (TPSA) is 72.5 Å². The molecule has 0 fully saturated rings. The summed E-state index contributed by atoms with van der Waals surface area (Å²) in [5.41, 5.74) is 0.754. The molecule has 2 aromatic carbocycles. The third kappa shape index (κ3) is 4.07. The fourth-order valence-electron chi connectivity index (χ4n) is 1.91. The van der Waals surface area contributed by atoms with Crippen molar-refractivity contribution in [1.82, 2.24) is 0 Å². The van der Waals surface area contributed by atoms with Crippen LogP contribution in [0.4, 0.5) is 10.1 Å². The van der Waals surface area contributed by atoms with Crippen molar-refractivity contribution in [3.8, 4) is 5.75 Å². The summed E-state index contributed by atoms with van der Waals surface area (Å²) in [6, 6.07) is 9.40. The molecule has 7 heteroatoms. The number of halogens is 1. The number of carbonyl (C=O) groups excluding carboxylic acids is 1. The van der Waals surface area contributed by atoms with Crippen molar-refractivity contribution in [3.63, 3.8) is 0 Å². The molecule has 0 saturated carbocycles. The highest BCUT2D eigenvalue weighted by molar-refractivity contribution is 7.92. The van der Waals surface area contributed by atoms with Crippen molar-refractivity contribution in [1.29, 1.82) is 0 Å². The fourth-order valence-corrected chi connectivity index (χ4v) is 2.98. The van der Waals surface area contributed by atoms with Crippen LogP contribution in [0, 0.1) is 5.82 Å². The zero-order valence-electron chi connectivity index (χ0n) is 12.7. The van der Waals surface area contributed by atoms with Crippen LogP contribution < -0.4 is 9.46 Å². The molecule has 23 heavy (non-hydrogen) atoms. The number of rotatable bonds is 6. The third-order valence-electron chi connectivity index (χ3n) is 3.06. The number of nitrogens with one attached hydrogen (secondary N) is 1. The Morgan fingerprint density at radius 3 is 2.35 bits per heavy atom. The number of sulfonamides is 1. The first-order valence-electron chi connectivity index (χ1n) is 6.89. The van der Waals surface area contributed by atoms with Crippen molar-refractivity contribution >= 4 is 21.5 Å². The molecule has 0 spiro atoms. The van der Waals surface area contributed by atoms with Crippen LogP contribution in [-0.4, -0.2) is 20.8 Å². The minimum Gasteiger partial charge on any atom is -0.491 e. The van der Waals surface area contributed by atoms with E-state index in [1.54, 1.807) is 6.92 Å². The van der Waals surface area contributed by atoms with Crippen LogP contribution in [0.15, 0.2) is 47.4 Å². The van der Waals surface area contributed by atoms with Gasteiger partial charge in [0.25, 0.3) is 10.0 Å². The molecule has 0 radical (unpaired) electrons. The summed E-state index contributed by atoms with van der Waals surface area (Å²) < 4.78 is 45.7. The third-order valence-corrected chi connectivity index (χ3v) is 4.44. The average Bonchev–Trinajstić information content (AvgIpc) is 2.49. The minimum absolute atomic E-state index is 0.00254. The van der Waals surface area contributed by atoms with E-state index in [0.717, 1.165) is 6.07 Å². The molecule has 0 saturated heterocycles. The first kappa shape index (κ1) is 17.0. The van der Waals surface area contributed by atoms with Crippen LogP contribution in [0.2, 0.25) is 0 Å².